The van der Waals surface area contributed by atoms with Gasteiger partial charge in [0.05, 0.1) is 6.61 Å². The van der Waals surface area contributed by atoms with Crippen LogP contribution in [0.2, 0.25) is 0 Å². The molecule has 0 rings (SSSR count). The number of rotatable bonds is 11. The van der Waals surface area contributed by atoms with Gasteiger partial charge in [-0.15, -0.1) is 0 Å². The Labute approximate surface area is 113 Å². The molecule has 0 aromatic carbocycles. The Balaban J connectivity index is 0. The van der Waals surface area contributed by atoms with Crippen LogP contribution < -0.4 is 0 Å². The van der Waals surface area contributed by atoms with Gasteiger partial charge in [-0.3, -0.25) is 4.79 Å². The van der Waals surface area contributed by atoms with Crippen molar-refractivity contribution in [3.05, 3.63) is 0 Å². The first kappa shape index (κ1) is 19.8. The molecular weight excluding hydrogens is 228 g/mol. The molecule has 0 aromatic rings. The van der Waals surface area contributed by atoms with Crippen LogP contribution in [0.1, 0.15) is 78.1 Å². The fourth-order valence-corrected chi connectivity index (χ4v) is 1.81. The number of aliphatic hydroxyl groups excluding tert-OH is 1. The summed E-state index contributed by atoms with van der Waals surface area (Å²) in [6.07, 6.45) is 12.2. The van der Waals surface area contributed by atoms with Gasteiger partial charge < -0.3 is 9.84 Å². The third-order valence-corrected chi connectivity index (χ3v) is 2.79. The van der Waals surface area contributed by atoms with Crippen LogP contribution >= 0.6 is 0 Å². The second-order valence-electron chi connectivity index (χ2n) is 4.38. The van der Waals surface area contributed by atoms with Crippen molar-refractivity contribution in [2.75, 3.05) is 13.7 Å². The second kappa shape index (κ2) is 18.8. The minimum absolute atomic E-state index is 0.0366. The minimum atomic E-state index is -0.0366. The summed E-state index contributed by atoms with van der Waals surface area (Å²) >= 11 is 0. The number of aliphatic hydroxyl groups is 1. The highest BCUT2D eigenvalue weighted by molar-refractivity contribution is 5.69. The van der Waals surface area contributed by atoms with E-state index in [0.717, 1.165) is 13.5 Å². The van der Waals surface area contributed by atoms with Crippen molar-refractivity contribution < 1.29 is 14.6 Å². The highest BCUT2D eigenvalue weighted by atomic mass is 16.5. The second-order valence-corrected chi connectivity index (χ2v) is 4.38. The molecule has 110 valence electrons. The van der Waals surface area contributed by atoms with E-state index < -0.39 is 0 Å². The lowest BCUT2D eigenvalue weighted by Crippen LogP contribution is -2.03. The lowest BCUT2D eigenvalue weighted by Gasteiger charge is -2.02. The Hall–Kier alpha value is -0.570. The third kappa shape index (κ3) is 17.8. The van der Waals surface area contributed by atoms with Gasteiger partial charge in [0.15, 0.2) is 0 Å². The van der Waals surface area contributed by atoms with E-state index in [9.17, 15) is 4.79 Å². The maximum atomic E-state index is 11.0. The fraction of sp³-hybridized carbons (Fsp3) is 0.933. The van der Waals surface area contributed by atoms with Gasteiger partial charge in [-0.1, -0.05) is 58.3 Å². The van der Waals surface area contributed by atoms with Crippen molar-refractivity contribution in [3.8, 4) is 0 Å². The van der Waals surface area contributed by atoms with Gasteiger partial charge >= 0.3 is 5.97 Å². The van der Waals surface area contributed by atoms with Crippen LogP contribution in [0.3, 0.4) is 0 Å². The Kier molecular flexibility index (Phi) is 20.6. The molecule has 0 saturated carbocycles. The summed E-state index contributed by atoms with van der Waals surface area (Å²) in [7, 11) is 1.00. The molecule has 0 fully saturated rings. The fourth-order valence-electron chi connectivity index (χ4n) is 1.81. The normalized spacial score (nSPS) is 9.56. The highest BCUT2D eigenvalue weighted by Crippen LogP contribution is 2.10. The van der Waals surface area contributed by atoms with Crippen molar-refractivity contribution in [2.24, 2.45) is 0 Å². The van der Waals surface area contributed by atoms with E-state index in [1.165, 1.54) is 51.4 Å². The molecular formula is C15H32O3. The number of hydrogen-bond donors (Lipinski definition) is 1. The van der Waals surface area contributed by atoms with Crippen LogP contribution in [0.15, 0.2) is 0 Å². The van der Waals surface area contributed by atoms with E-state index >= 15 is 0 Å². The largest absolute Gasteiger partial charge is 0.466 e. The van der Waals surface area contributed by atoms with Gasteiger partial charge in [0.25, 0.3) is 0 Å². The topological polar surface area (TPSA) is 46.5 Å². The summed E-state index contributed by atoms with van der Waals surface area (Å²) in [6.45, 7) is 4.61. The molecule has 0 atom stereocenters. The molecule has 3 nitrogen and oxygen atoms in total. The average Bonchev–Trinajstić information content (AvgIpc) is 2.39. The molecule has 3 heteroatoms. The summed E-state index contributed by atoms with van der Waals surface area (Å²) < 4.78 is 4.87. The predicted octanol–water partition coefficient (Wildman–Crippen LogP) is 4.08. The average molecular weight is 260 g/mol. The van der Waals surface area contributed by atoms with Gasteiger partial charge in [0.2, 0.25) is 0 Å². The van der Waals surface area contributed by atoms with Gasteiger partial charge in [0.1, 0.15) is 0 Å². The zero-order valence-corrected chi connectivity index (χ0v) is 12.5. The van der Waals surface area contributed by atoms with Crippen LogP contribution in [0.5, 0.6) is 0 Å². The molecule has 0 aliphatic carbocycles. The SMILES string of the molecule is CCCCCCCCCCCC(=O)OCC.CO. The van der Waals surface area contributed by atoms with Gasteiger partial charge in [-0.25, -0.2) is 0 Å². The summed E-state index contributed by atoms with van der Waals surface area (Å²) in [4.78, 5) is 11.0. The number of esters is 1. The van der Waals surface area contributed by atoms with Crippen LogP contribution in [0.4, 0.5) is 0 Å². The van der Waals surface area contributed by atoms with Gasteiger partial charge in [-0.05, 0) is 13.3 Å². The molecule has 0 radical (unpaired) electrons. The number of carbonyl (C=O) groups is 1. The maximum absolute atomic E-state index is 11.0. The first-order chi connectivity index (χ1) is 8.81. The summed E-state index contributed by atoms with van der Waals surface area (Å²) in [5, 5.41) is 7.00. The number of hydrogen-bond acceptors (Lipinski definition) is 3. The summed E-state index contributed by atoms with van der Waals surface area (Å²) in [5.41, 5.74) is 0. The summed E-state index contributed by atoms with van der Waals surface area (Å²) in [5.74, 6) is -0.0366. The zero-order valence-electron chi connectivity index (χ0n) is 12.5. The van der Waals surface area contributed by atoms with E-state index in [1.54, 1.807) is 0 Å². The standard InChI is InChI=1S/C14H28O2.CH4O/c1-3-5-6-7-8-9-10-11-12-13-14(15)16-4-2;1-2/h3-13H2,1-2H3;2H,1H3. The number of ether oxygens (including phenoxy) is 1. The van der Waals surface area contributed by atoms with Crippen LogP contribution in [0, 0.1) is 0 Å². The third-order valence-electron chi connectivity index (χ3n) is 2.79. The van der Waals surface area contributed by atoms with Crippen molar-refractivity contribution in [1.29, 1.82) is 0 Å². The smallest absolute Gasteiger partial charge is 0.305 e. The monoisotopic (exact) mass is 260 g/mol. The zero-order chi connectivity index (χ0) is 14.1. The molecule has 18 heavy (non-hydrogen) atoms. The van der Waals surface area contributed by atoms with Crippen LogP contribution in [-0.4, -0.2) is 24.8 Å². The van der Waals surface area contributed by atoms with E-state index in [2.05, 4.69) is 6.92 Å². The van der Waals surface area contributed by atoms with E-state index in [1.807, 2.05) is 6.92 Å². The summed E-state index contributed by atoms with van der Waals surface area (Å²) in [6, 6.07) is 0. The maximum Gasteiger partial charge on any atom is 0.305 e. The van der Waals surface area contributed by atoms with E-state index in [0.29, 0.717) is 13.0 Å². The Morgan fingerprint density at radius 2 is 1.28 bits per heavy atom. The lowest BCUT2D eigenvalue weighted by atomic mass is 10.1. The predicted molar refractivity (Wildman–Crippen MR) is 76.6 cm³/mol. The number of carbonyl (C=O) groups excluding carboxylic acids is 1. The molecule has 0 bridgehead atoms. The van der Waals surface area contributed by atoms with Crippen LogP contribution in [-0.2, 0) is 9.53 Å². The molecule has 0 aliphatic heterocycles. The molecule has 0 unspecified atom stereocenters. The molecule has 1 N–H and O–H groups in total. The van der Waals surface area contributed by atoms with Crippen molar-refractivity contribution in [2.45, 2.75) is 78.1 Å². The van der Waals surface area contributed by atoms with Crippen LogP contribution in [0.25, 0.3) is 0 Å². The first-order valence-corrected chi connectivity index (χ1v) is 7.41. The number of unbranched alkanes of at least 4 members (excludes halogenated alkanes) is 8. The Morgan fingerprint density at radius 3 is 1.72 bits per heavy atom. The van der Waals surface area contributed by atoms with Crippen molar-refractivity contribution in [1.82, 2.24) is 0 Å². The van der Waals surface area contributed by atoms with E-state index in [4.69, 9.17) is 9.84 Å². The lowest BCUT2D eigenvalue weighted by molar-refractivity contribution is -0.143. The van der Waals surface area contributed by atoms with Crippen molar-refractivity contribution >= 4 is 5.97 Å². The Morgan fingerprint density at radius 1 is 0.833 bits per heavy atom. The quantitative estimate of drug-likeness (QED) is 0.450. The highest BCUT2D eigenvalue weighted by Gasteiger charge is 2.00. The molecule has 0 saturated heterocycles. The molecule has 0 amide bonds. The van der Waals surface area contributed by atoms with E-state index in [-0.39, 0.29) is 5.97 Å². The first-order valence-electron chi connectivity index (χ1n) is 7.41. The van der Waals surface area contributed by atoms with Crippen molar-refractivity contribution in [3.63, 3.8) is 0 Å². The molecule has 0 aromatic heterocycles. The minimum Gasteiger partial charge on any atom is -0.466 e. The molecule has 0 aliphatic rings. The van der Waals surface area contributed by atoms with Gasteiger partial charge in [0, 0.05) is 13.5 Å². The molecule has 0 heterocycles. The van der Waals surface area contributed by atoms with Gasteiger partial charge in [-0.2, -0.15) is 0 Å². The Bertz CT molecular complexity index is 158. The molecule has 0 spiro atoms.